The fourth-order valence-electron chi connectivity index (χ4n) is 4.38. The molecule has 0 bridgehead atoms. The molecule has 2 saturated heterocycles. The summed E-state index contributed by atoms with van der Waals surface area (Å²) in [5, 5.41) is 9.11. The van der Waals surface area contributed by atoms with Gasteiger partial charge < -0.3 is 19.7 Å². The number of amides is 1. The Bertz CT molecular complexity index is 962. The summed E-state index contributed by atoms with van der Waals surface area (Å²) in [7, 11) is 0. The first kappa shape index (κ1) is 19.6. The summed E-state index contributed by atoms with van der Waals surface area (Å²) in [5.74, 6) is -0.366. The van der Waals surface area contributed by atoms with Gasteiger partial charge in [-0.15, -0.1) is 13.2 Å². The van der Waals surface area contributed by atoms with Crippen LogP contribution in [0.2, 0.25) is 0 Å². The SMILES string of the molecule is O=C(O)N1CC[C@H](N2CCC(n3c(=O)[nH]c4ccc(OC(F)(F)F)cc43)CC2)C1. The number of likely N-dealkylation sites (tertiary alicyclic amines) is 2. The fourth-order valence-corrected chi connectivity index (χ4v) is 4.38. The number of carbonyl (C=O) groups is 1. The number of nitrogens with one attached hydrogen (secondary N) is 1. The molecule has 0 spiro atoms. The third-order valence-corrected chi connectivity index (χ3v) is 5.74. The van der Waals surface area contributed by atoms with Gasteiger partial charge in [-0.05, 0) is 31.4 Å². The third kappa shape index (κ3) is 4.04. The van der Waals surface area contributed by atoms with Crippen molar-refractivity contribution in [3.8, 4) is 5.75 Å². The Morgan fingerprint density at radius 1 is 1.14 bits per heavy atom. The van der Waals surface area contributed by atoms with E-state index in [4.69, 9.17) is 5.11 Å². The van der Waals surface area contributed by atoms with Crippen LogP contribution in [0.1, 0.15) is 25.3 Å². The van der Waals surface area contributed by atoms with E-state index in [1.165, 1.54) is 27.7 Å². The highest BCUT2D eigenvalue weighted by atomic mass is 19.4. The van der Waals surface area contributed by atoms with Crippen LogP contribution in [-0.2, 0) is 0 Å². The summed E-state index contributed by atoms with van der Waals surface area (Å²) in [6.45, 7) is 2.39. The van der Waals surface area contributed by atoms with Gasteiger partial charge in [-0.2, -0.15) is 0 Å². The quantitative estimate of drug-likeness (QED) is 0.806. The summed E-state index contributed by atoms with van der Waals surface area (Å²) in [6, 6.07) is 3.83. The normalized spacial score (nSPS) is 21.8. The van der Waals surface area contributed by atoms with Gasteiger partial charge in [0.25, 0.3) is 0 Å². The van der Waals surface area contributed by atoms with Crippen molar-refractivity contribution in [1.29, 1.82) is 0 Å². The maximum atomic E-state index is 12.5. The van der Waals surface area contributed by atoms with Gasteiger partial charge in [0, 0.05) is 44.3 Å². The minimum atomic E-state index is -4.80. The van der Waals surface area contributed by atoms with Crippen LogP contribution in [-0.4, -0.2) is 69.1 Å². The highest BCUT2D eigenvalue weighted by Gasteiger charge is 2.34. The zero-order valence-corrected chi connectivity index (χ0v) is 15.5. The Balaban J connectivity index is 1.49. The van der Waals surface area contributed by atoms with Crippen molar-refractivity contribution in [2.45, 2.75) is 37.7 Å². The Labute approximate surface area is 163 Å². The molecule has 2 fully saturated rings. The first-order chi connectivity index (χ1) is 13.7. The summed E-state index contributed by atoms with van der Waals surface area (Å²) in [6.07, 6.45) is -3.63. The molecule has 2 aliphatic heterocycles. The zero-order valence-electron chi connectivity index (χ0n) is 15.5. The predicted octanol–water partition coefficient (Wildman–Crippen LogP) is 2.62. The minimum absolute atomic E-state index is 0.148. The van der Waals surface area contributed by atoms with Gasteiger partial charge in [0.15, 0.2) is 0 Å². The molecule has 0 radical (unpaired) electrons. The van der Waals surface area contributed by atoms with Crippen LogP contribution in [0, 0.1) is 0 Å². The number of alkyl halides is 3. The summed E-state index contributed by atoms with van der Waals surface area (Å²) in [4.78, 5) is 29.9. The molecule has 1 aromatic heterocycles. The van der Waals surface area contributed by atoms with Gasteiger partial charge in [-0.3, -0.25) is 9.47 Å². The Kier molecular flexibility index (Phi) is 4.93. The summed E-state index contributed by atoms with van der Waals surface area (Å²) < 4.78 is 43.1. The standard InChI is InChI=1S/C18H21F3N4O4/c19-18(20,21)29-13-1-2-14-15(9-13)25(16(26)22-14)11-3-6-23(7-4-11)12-5-8-24(10-12)17(27)28/h1-2,9,11-12H,3-8,10H2,(H,22,26)(H,27,28)/t12-/m0/s1. The fraction of sp³-hybridized carbons (Fsp3) is 0.556. The minimum Gasteiger partial charge on any atom is -0.465 e. The van der Waals surface area contributed by atoms with Crippen molar-refractivity contribution in [2.75, 3.05) is 26.2 Å². The Morgan fingerprint density at radius 2 is 1.83 bits per heavy atom. The number of nitrogens with zero attached hydrogens (tertiary/aromatic N) is 3. The number of carboxylic acid groups (broad SMARTS) is 1. The molecule has 2 aromatic rings. The summed E-state index contributed by atoms with van der Waals surface area (Å²) in [5.41, 5.74) is 0.480. The van der Waals surface area contributed by atoms with E-state index >= 15 is 0 Å². The number of hydrogen-bond acceptors (Lipinski definition) is 4. The van der Waals surface area contributed by atoms with Gasteiger partial charge in [0.1, 0.15) is 5.75 Å². The average Bonchev–Trinajstić information content (AvgIpc) is 3.25. The number of H-pyrrole nitrogens is 1. The van der Waals surface area contributed by atoms with E-state index in [-0.39, 0.29) is 23.5 Å². The smallest absolute Gasteiger partial charge is 0.465 e. The predicted molar refractivity (Wildman–Crippen MR) is 97.1 cm³/mol. The van der Waals surface area contributed by atoms with Gasteiger partial charge in [0.05, 0.1) is 11.0 Å². The molecule has 1 atom stereocenters. The van der Waals surface area contributed by atoms with Crippen LogP contribution in [0.15, 0.2) is 23.0 Å². The van der Waals surface area contributed by atoms with Crippen molar-refractivity contribution in [3.63, 3.8) is 0 Å². The van der Waals surface area contributed by atoms with Crippen molar-refractivity contribution >= 4 is 17.1 Å². The second-order valence-corrected chi connectivity index (χ2v) is 7.47. The molecule has 0 saturated carbocycles. The first-order valence-electron chi connectivity index (χ1n) is 9.43. The van der Waals surface area contributed by atoms with Crippen LogP contribution < -0.4 is 10.4 Å². The topological polar surface area (TPSA) is 90.8 Å². The number of benzene rings is 1. The number of rotatable bonds is 3. The van der Waals surface area contributed by atoms with Crippen molar-refractivity contribution in [2.24, 2.45) is 0 Å². The second-order valence-electron chi connectivity index (χ2n) is 7.47. The number of hydrogen-bond donors (Lipinski definition) is 2. The lowest BCUT2D eigenvalue weighted by Gasteiger charge is -2.36. The van der Waals surface area contributed by atoms with E-state index in [0.717, 1.165) is 6.42 Å². The molecular weight excluding hydrogens is 393 g/mol. The molecule has 4 rings (SSSR count). The van der Waals surface area contributed by atoms with E-state index < -0.39 is 12.5 Å². The van der Waals surface area contributed by atoms with E-state index in [0.29, 0.717) is 50.1 Å². The van der Waals surface area contributed by atoms with Crippen LogP contribution in [0.3, 0.4) is 0 Å². The van der Waals surface area contributed by atoms with Gasteiger partial charge >= 0.3 is 18.1 Å². The zero-order chi connectivity index (χ0) is 20.8. The molecule has 3 heterocycles. The number of aromatic nitrogens is 2. The van der Waals surface area contributed by atoms with E-state index in [9.17, 15) is 22.8 Å². The maximum absolute atomic E-state index is 12.5. The number of halogens is 3. The van der Waals surface area contributed by atoms with Crippen molar-refractivity contribution < 1.29 is 27.8 Å². The molecule has 11 heteroatoms. The maximum Gasteiger partial charge on any atom is 0.573 e. The van der Waals surface area contributed by atoms with E-state index in [1.54, 1.807) is 0 Å². The number of aromatic amines is 1. The molecule has 0 unspecified atom stereocenters. The molecule has 29 heavy (non-hydrogen) atoms. The molecule has 2 aliphatic rings. The number of piperidine rings is 1. The second kappa shape index (κ2) is 7.29. The molecule has 158 valence electrons. The van der Waals surface area contributed by atoms with Crippen LogP contribution in [0.4, 0.5) is 18.0 Å². The van der Waals surface area contributed by atoms with Crippen LogP contribution in [0.25, 0.3) is 11.0 Å². The Hall–Kier alpha value is -2.69. The molecule has 0 aliphatic carbocycles. The van der Waals surface area contributed by atoms with E-state index in [1.807, 2.05) is 0 Å². The molecule has 1 amide bonds. The average molecular weight is 414 g/mol. The summed E-state index contributed by atoms with van der Waals surface area (Å²) >= 11 is 0. The van der Waals surface area contributed by atoms with Gasteiger partial charge in [-0.1, -0.05) is 0 Å². The van der Waals surface area contributed by atoms with Gasteiger partial charge in [0.2, 0.25) is 0 Å². The number of imidazole rings is 1. The van der Waals surface area contributed by atoms with Crippen molar-refractivity contribution in [3.05, 3.63) is 28.7 Å². The number of ether oxygens (including phenoxy) is 1. The van der Waals surface area contributed by atoms with Gasteiger partial charge in [-0.25, -0.2) is 9.59 Å². The largest absolute Gasteiger partial charge is 0.573 e. The lowest BCUT2D eigenvalue weighted by atomic mass is 10.0. The third-order valence-electron chi connectivity index (χ3n) is 5.74. The highest BCUT2D eigenvalue weighted by molar-refractivity contribution is 5.77. The lowest BCUT2D eigenvalue weighted by Crippen LogP contribution is -2.44. The Morgan fingerprint density at radius 3 is 2.45 bits per heavy atom. The highest BCUT2D eigenvalue weighted by Crippen LogP contribution is 2.30. The molecule has 1 aromatic carbocycles. The molecule has 2 N–H and O–H groups in total. The van der Waals surface area contributed by atoms with Crippen molar-refractivity contribution in [1.82, 2.24) is 19.4 Å². The molecule has 8 nitrogen and oxygen atoms in total. The van der Waals surface area contributed by atoms with E-state index in [2.05, 4.69) is 14.6 Å². The van der Waals surface area contributed by atoms with Crippen LogP contribution >= 0.6 is 0 Å². The number of fused-ring (bicyclic) bond motifs is 1. The van der Waals surface area contributed by atoms with Crippen LogP contribution in [0.5, 0.6) is 5.75 Å². The monoisotopic (exact) mass is 414 g/mol. The lowest BCUT2D eigenvalue weighted by molar-refractivity contribution is -0.274. The first-order valence-corrected chi connectivity index (χ1v) is 9.43. The molecular formula is C18H21F3N4O4.